The number of rotatable bonds is 13. The van der Waals surface area contributed by atoms with E-state index in [1.165, 1.54) is 44.0 Å². The van der Waals surface area contributed by atoms with E-state index in [0.717, 1.165) is 93.3 Å². The molecule has 0 radical (unpaired) electrons. The number of aromatic nitrogens is 1. The van der Waals surface area contributed by atoms with Crippen LogP contribution in [0, 0.1) is 12.8 Å². The van der Waals surface area contributed by atoms with Crippen molar-refractivity contribution in [3.8, 4) is 11.1 Å². The fourth-order valence-electron chi connectivity index (χ4n) is 8.68. The highest BCUT2D eigenvalue weighted by molar-refractivity contribution is 6.15. The smallest absolute Gasteiger partial charge is 0.0970 e. The predicted octanol–water partition coefficient (Wildman–Crippen LogP) is 15.9. The first-order chi connectivity index (χ1) is 29.4. The quantitative estimate of drug-likeness (QED) is 0.0654. The van der Waals surface area contributed by atoms with Crippen LogP contribution in [0.1, 0.15) is 55.7 Å². The third-order valence-electron chi connectivity index (χ3n) is 11.8. The molecule has 1 aromatic heterocycles. The Hall–Kier alpha value is -6.97. The van der Waals surface area contributed by atoms with Gasteiger partial charge in [0.15, 0.2) is 0 Å². The summed E-state index contributed by atoms with van der Waals surface area (Å²) < 4.78 is 0. The van der Waals surface area contributed by atoms with Crippen LogP contribution >= 0.6 is 0 Å². The molecular formula is C57H51N3. The summed E-state index contributed by atoms with van der Waals surface area (Å²) in [7, 11) is 0. The molecule has 0 bridgehead atoms. The van der Waals surface area contributed by atoms with E-state index in [1.54, 1.807) is 0 Å². The third kappa shape index (κ3) is 7.92. The Morgan fingerprint density at radius 1 is 0.883 bits per heavy atom. The molecule has 0 spiro atoms. The number of hydrogen-bond acceptors (Lipinski definition) is 3. The van der Waals surface area contributed by atoms with E-state index in [2.05, 4.69) is 179 Å². The van der Waals surface area contributed by atoms with E-state index >= 15 is 0 Å². The van der Waals surface area contributed by atoms with Crippen LogP contribution < -0.4 is 0 Å². The molecule has 0 saturated carbocycles. The Morgan fingerprint density at radius 3 is 2.45 bits per heavy atom. The molecule has 2 aliphatic rings. The maximum Gasteiger partial charge on any atom is 0.0970 e. The van der Waals surface area contributed by atoms with E-state index in [1.807, 2.05) is 24.4 Å². The van der Waals surface area contributed by atoms with Crippen LogP contribution in [-0.2, 0) is 0 Å². The molecule has 1 unspecified atom stereocenters. The van der Waals surface area contributed by atoms with Crippen LogP contribution in [-0.4, -0.2) is 17.4 Å². The minimum absolute atomic E-state index is 0.0896. The van der Waals surface area contributed by atoms with Crippen molar-refractivity contribution in [2.75, 3.05) is 0 Å². The lowest BCUT2D eigenvalue weighted by Crippen LogP contribution is -2.15. The normalized spacial score (nSPS) is 15.9. The maximum atomic E-state index is 5.43. The average molecular weight is 778 g/mol. The van der Waals surface area contributed by atoms with Gasteiger partial charge in [0.1, 0.15) is 0 Å². The zero-order chi connectivity index (χ0) is 41.6. The van der Waals surface area contributed by atoms with Crippen LogP contribution in [0.15, 0.2) is 204 Å². The predicted molar refractivity (Wildman–Crippen MR) is 262 cm³/mol. The van der Waals surface area contributed by atoms with Gasteiger partial charge in [0.25, 0.3) is 0 Å². The van der Waals surface area contributed by atoms with E-state index in [9.17, 15) is 0 Å². The monoisotopic (exact) mass is 777 g/mol. The topological polar surface area (TPSA) is 37.6 Å². The molecule has 60 heavy (non-hydrogen) atoms. The molecule has 3 heteroatoms. The highest BCUT2D eigenvalue weighted by atomic mass is 14.8. The number of hydrogen-bond donors (Lipinski definition) is 0. The number of pyridine rings is 1. The van der Waals surface area contributed by atoms with Crippen LogP contribution in [0.2, 0.25) is 0 Å². The van der Waals surface area contributed by atoms with E-state index in [-0.39, 0.29) is 5.92 Å². The van der Waals surface area contributed by atoms with Gasteiger partial charge in [-0.25, -0.2) is 0 Å². The largest absolute Gasteiger partial charge is 0.262 e. The second kappa shape index (κ2) is 17.9. The van der Waals surface area contributed by atoms with Gasteiger partial charge in [-0.2, -0.15) is 0 Å². The van der Waals surface area contributed by atoms with Gasteiger partial charge in [-0.1, -0.05) is 160 Å². The Balaban J connectivity index is 1.10. The van der Waals surface area contributed by atoms with Gasteiger partial charge < -0.3 is 0 Å². The van der Waals surface area contributed by atoms with Crippen LogP contribution in [0.3, 0.4) is 0 Å². The second-order valence-corrected chi connectivity index (χ2v) is 15.5. The van der Waals surface area contributed by atoms with Crippen LogP contribution in [0.25, 0.3) is 55.2 Å². The van der Waals surface area contributed by atoms with Gasteiger partial charge in [-0.15, -0.1) is 0 Å². The molecule has 1 heterocycles. The first-order valence-corrected chi connectivity index (χ1v) is 21.0. The summed E-state index contributed by atoms with van der Waals surface area (Å²) in [5.41, 5.74) is 15.2. The molecule has 294 valence electrons. The van der Waals surface area contributed by atoms with Gasteiger partial charge in [-0.3, -0.25) is 15.0 Å². The van der Waals surface area contributed by atoms with Gasteiger partial charge in [0.05, 0.1) is 22.6 Å². The number of aliphatic imine (C=N–C) groups is 2. The lowest BCUT2D eigenvalue weighted by molar-refractivity contribution is 0.861. The minimum atomic E-state index is 0.0896. The number of aryl methyl sites for hydroxylation is 1. The molecule has 0 aliphatic heterocycles. The SMILES string of the molecule is C=C/C(=C\CC1=C(c2cc(-c3cc(C=C)c(N=C)c4ncccc34)ccc2C)C=CCC1)C1=CCC(/C(=N/c2cc3ccccc3c3ccccc23)C(=C)/C=C\CC)C=C1. The van der Waals surface area contributed by atoms with Crippen molar-refractivity contribution >= 4 is 67.9 Å². The molecule has 0 amide bonds. The van der Waals surface area contributed by atoms with Crippen LogP contribution in [0.5, 0.6) is 0 Å². The van der Waals surface area contributed by atoms with Crippen molar-refractivity contribution < 1.29 is 0 Å². The van der Waals surface area contributed by atoms with Crippen LogP contribution in [0.4, 0.5) is 11.4 Å². The Bertz CT molecular complexity index is 2940. The lowest BCUT2D eigenvalue weighted by Gasteiger charge is -2.21. The first-order valence-electron chi connectivity index (χ1n) is 21.0. The average Bonchev–Trinajstić information content (AvgIpc) is 3.30. The number of nitrogens with zero attached hydrogens (tertiary/aromatic N) is 3. The molecular weight excluding hydrogens is 727 g/mol. The zero-order valence-electron chi connectivity index (χ0n) is 34.8. The van der Waals surface area contributed by atoms with Crippen molar-refractivity contribution in [1.29, 1.82) is 0 Å². The molecule has 8 rings (SSSR count). The lowest BCUT2D eigenvalue weighted by atomic mass is 9.85. The van der Waals surface area contributed by atoms with Gasteiger partial charge in [0, 0.05) is 28.5 Å². The summed E-state index contributed by atoms with van der Waals surface area (Å²) in [6.07, 6.45) is 28.4. The molecule has 1 atom stereocenters. The zero-order valence-corrected chi connectivity index (χ0v) is 34.8. The summed E-state index contributed by atoms with van der Waals surface area (Å²) in [6, 6.07) is 32.4. The fourth-order valence-corrected chi connectivity index (χ4v) is 8.68. The molecule has 2 aliphatic carbocycles. The molecule has 3 nitrogen and oxygen atoms in total. The highest BCUT2D eigenvalue weighted by Gasteiger charge is 2.20. The minimum Gasteiger partial charge on any atom is -0.262 e. The molecule has 5 aromatic carbocycles. The van der Waals surface area contributed by atoms with E-state index in [0.29, 0.717) is 0 Å². The number of benzene rings is 5. The molecule has 0 saturated heterocycles. The third-order valence-corrected chi connectivity index (χ3v) is 11.8. The Kier molecular flexibility index (Phi) is 11.9. The van der Waals surface area contributed by atoms with Gasteiger partial charge >= 0.3 is 0 Å². The van der Waals surface area contributed by atoms with Crippen molar-refractivity contribution in [3.63, 3.8) is 0 Å². The van der Waals surface area contributed by atoms with Gasteiger partial charge in [-0.05, 0) is 131 Å². The standard InChI is InChI=1S/C57H51N3/c1-7-10-18-39(5)55(60-54-37-45-20-12-14-22-48(45)49-23-15-16-24-50(49)54)44-32-29-42(30-33-44)40(8-2)28-31-43-19-11-13-21-47(43)52-36-46(27-26-38(52)4)53-35-41(9-3)56(58-6)57-51(53)25-17-34-59-57/h8-10,12-18,20-30,32,34-37,44H,2-3,5-7,11,19,31,33H2,1,4H3/b18-10-,40-28+,60-55+. The number of fused-ring (bicyclic) bond motifs is 4. The summed E-state index contributed by atoms with van der Waals surface area (Å²) in [6.45, 7) is 21.0. The Labute approximate surface area is 355 Å². The molecule has 0 fully saturated rings. The summed E-state index contributed by atoms with van der Waals surface area (Å²) in [4.78, 5) is 14.5. The maximum absolute atomic E-state index is 5.43. The van der Waals surface area contributed by atoms with E-state index < -0.39 is 0 Å². The molecule has 0 N–H and O–H groups in total. The summed E-state index contributed by atoms with van der Waals surface area (Å²) >= 11 is 0. The number of allylic oxidation sites excluding steroid dienone is 14. The second-order valence-electron chi connectivity index (χ2n) is 15.5. The highest BCUT2D eigenvalue weighted by Crippen LogP contribution is 2.41. The van der Waals surface area contributed by atoms with E-state index in [4.69, 9.17) is 9.98 Å². The van der Waals surface area contributed by atoms with Gasteiger partial charge in [0.2, 0.25) is 0 Å². The fraction of sp³-hybridized carbons (Fsp3) is 0.140. The van der Waals surface area contributed by atoms with Crippen molar-refractivity contribution in [2.24, 2.45) is 15.9 Å². The van der Waals surface area contributed by atoms with Crippen molar-refractivity contribution in [3.05, 3.63) is 211 Å². The van der Waals surface area contributed by atoms with Crippen molar-refractivity contribution in [2.45, 2.75) is 46.0 Å². The first kappa shape index (κ1) is 39.8. The summed E-state index contributed by atoms with van der Waals surface area (Å²) in [5, 5.41) is 5.83. The molecule has 6 aromatic rings. The Morgan fingerprint density at radius 2 is 1.68 bits per heavy atom. The summed E-state index contributed by atoms with van der Waals surface area (Å²) in [5.74, 6) is 0.0896. The van der Waals surface area contributed by atoms with Crippen molar-refractivity contribution in [1.82, 2.24) is 4.98 Å².